The number of rotatable bonds is 2. The first kappa shape index (κ1) is 11.5. The minimum atomic E-state index is -0.176. The Balaban J connectivity index is 0.000000980. The van der Waals surface area contributed by atoms with Crippen LogP contribution in [0.15, 0.2) is 27.0 Å². The van der Waals surface area contributed by atoms with Crippen LogP contribution in [0.1, 0.15) is 4.88 Å². The first-order valence-corrected chi connectivity index (χ1v) is 5.20. The van der Waals surface area contributed by atoms with Gasteiger partial charge in [-0.3, -0.25) is 4.57 Å². The molecule has 7 heteroatoms. The van der Waals surface area contributed by atoms with Gasteiger partial charge in [-0.15, -0.1) is 23.7 Å². The number of thiophene rings is 1. The minimum absolute atomic E-state index is 0. The molecule has 2 heterocycles. The first-order valence-electron chi connectivity index (χ1n) is 3.60. The third-order valence-corrected chi connectivity index (χ3v) is 3.18. The maximum atomic E-state index is 11.1. The standard InChI is InChI=1S/C7H6BrN3OS.ClH/c8-6-2-1-5(13-6)3-11-4-9-10-7(11)12;/h1-2,4H,3H2,(H,10,12);1H. The van der Waals surface area contributed by atoms with Gasteiger partial charge in [-0.25, -0.2) is 9.89 Å². The molecule has 0 aromatic carbocycles. The lowest BCUT2D eigenvalue weighted by atomic mass is 10.5. The highest BCUT2D eigenvalue weighted by Crippen LogP contribution is 2.22. The van der Waals surface area contributed by atoms with Crippen LogP contribution in [0.3, 0.4) is 0 Å². The van der Waals surface area contributed by atoms with Crippen LogP contribution in [0.2, 0.25) is 0 Å². The summed E-state index contributed by atoms with van der Waals surface area (Å²) in [5, 5.41) is 5.99. The smallest absolute Gasteiger partial charge is 0.276 e. The second-order valence-electron chi connectivity index (χ2n) is 2.50. The number of aromatic nitrogens is 3. The topological polar surface area (TPSA) is 50.7 Å². The van der Waals surface area contributed by atoms with Gasteiger partial charge in [0.2, 0.25) is 0 Å². The van der Waals surface area contributed by atoms with E-state index in [-0.39, 0.29) is 18.1 Å². The summed E-state index contributed by atoms with van der Waals surface area (Å²) < 4.78 is 2.59. The van der Waals surface area contributed by atoms with Crippen molar-refractivity contribution in [3.8, 4) is 0 Å². The molecule has 2 aromatic heterocycles. The molecule has 0 aliphatic heterocycles. The van der Waals surface area contributed by atoms with Crippen LogP contribution >= 0.6 is 39.7 Å². The Morgan fingerprint density at radius 2 is 2.36 bits per heavy atom. The summed E-state index contributed by atoms with van der Waals surface area (Å²) in [7, 11) is 0. The number of nitrogens with one attached hydrogen (secondary N) is 1. The summed E-state index contributed by atoms with van der Waals surface area (Å²) in [6, 6.07) is 3.94. The molecule has 76 valence electrons. The van der Waals surface area contributed by atoms with E-state index < -0.39 is 0 Å². The van der Waals surface area contributed by atoms with Crippen molar-refractivity contribution >= 4 is 39.7 Å². The van der Waals surface area contributed by atoms with Crippen LogP contribution in [0, 0.1) is 0 Å². The molecule has 0 fully saturated rings. The molecule has 0 saturated carbocycles. The zero-order valence-electron chi connectivity index (χ0n) is 6.94. The molecule has 0 aliphatic carbocycles. The number of halogens is 2. The Labute approximate surface area is 98.5 Å². The lowest BCUT2D eigenvalue weighted by molar-refractivity contribution is 0.772. The Morgan fingerprint density at radius 3 is 2.86 bits per heavy atom. The van der Waals surface area contributed by atoms with Gasteiger partial charge in [0, 0.05) is 4.88 Å². The monoisotopic (exact) mass is 295 g/mol. The highest BCUT2D eigenvalue weighted by molar-refractivity contribution is 9.11. The van der Waals surface area contributed by atoms with Crippen molar-refractivity contribution in [3.63, 3.8) is 0 Å². The number of aromatic amines is 1. The summed E-state index contributed by atoms with van der Waals surface area (Å²) in [6.45, 7) is 0.575. The Hall–Kier alpha value is -0.590. The second kappa shape index (κ2) is 4.77. The largest absolute Gasteiger partial charge is 0.343 e. The SMILES string of the molecule is Cl.O=c1[nH]ncn1Cc1ccc(Br)s1. The van der Waals surface area contributed by atoms with Crippen molar-refractivity contribution < 1.29 is 0 Å². The van der Waals surface area contributed by atoms with Gasteiger partial charge in [-0.2, -0.15) is 5.10 Å². The fourth-order valence-corrected chi connectivity index (χ4v) is 2.47. The van der Waals surface area contributed by atoms with Crippen LogP contribution < -0.4 is 5.69 Å². The quantitative estimate of drug-likeness (QED) is 0.920. The predicted molar refractivity (Wildman–Crippen MR) is 61.2 cm³/mol. The molecule has 2 aromatic rings. The molecule has 0 aliphatic rings. The minimum Gasteiger partial charge on any atom is -0.276 e. The van der Waals surface area contributed by atoms with Crippen molar-refractivity contribution in [1.82, 2.24) is 14.8 Å². The molecular formula is C7H7BrClN3OS. The third-order valence-electron chi connectivity index (χ3n) is 1.57. The van der Waals surface area contributed by atoms with E-state index in [0.717, 1.165) is 8.66 Å². The molecule has 2 rings (SSSR count). The van der Waals surface area contributed by atoms with Crippen LogP contribution in [0.5, 0.6) is 0 Å². The Morgan fingerprint density at radius 1 is 1.57 bits per heavy atom. The molecule has 4 nitrogen and oxygen atoms in total. The van der Waals surface area contributed by atoms with Crippen LogP contribution in [0.4, 0.5) is 0 Å². The number of nitrogens with zero attached hydrogens (tertiary/aromatic N) is 2. The van der Waals surface area contributed by atoms with Gasteiger partial charge in [-0.1, -0.05) is 0 Å². The van der Waals surface area contributed by atoms with Crippen molar-refractivity contribution in [2.75, 3.05) is 0 Å². The van der Waals surface area contributed by atoms with E-state index >= 15 is 0 Å². The van der Waals surface area contributed by atoms with E-state index in [2.05, 4.69) is 26.1 Å². The molecule has 0 atom stereocenters. The zero-order valence-corrected chi connectivity index (χ0v) is 10.2. The van der Waals surface area contributed by atoms with Crippen molar-refractivity contribution in [2.24, 2.45) is 0 Å². The molecule has 0 bridgehead atoms. The van der Waals surface area contributed by atoms with Gasteiger partial charge in [0.25, 0.3) is 0 Å². The van der Waals surface area contributed by atoms with E-state index in [4.69, 9.17) is 0 Å². The molecular weight excluding hydrogens is 290 g/mol. The molecule has 0 radical (unpaired) electrons. The van der Waals surface area contributed by atoms with Crippen LogP contribution in [-0.2, 0) is 6.54 Å². The van der Waals surface area contributed by atoms with Gasteiger partial charge >= 0.3 is 5.69 Å². The van der Waals surface area contributed by atoms with Gasteiger partial charge in [0.05, 0.1) is 10.3 Å². The molecule has 0 unspecified atom stereocenters. The lowest BCUT2D eigenvalue weighted by Gasteiger charge is -1.94. The highest BCUT2D eigenvalue weighted by Gasteiger charge is 2.01. The first-order chi connectivity index (χ1) is 6.25. The molecule has 0 saturated heterocycles. The van der Waals surface area contributed by atoms with Crippen LogP contribution in [-0.4, -0.2) is 14.8 Å². The third kappa shape index (κ3) is 2.46. The van der Waals surface area contributed by atoms with E-state index in [9.17, 15) is 4.79 Å². The van der Waals surface area contributed by atoms with Gasteiger partial charge < -0.3 is 0 Å². The summed E-state index contributed by atoms with van der Waals surface area (Å²) in [4.78, 5) is 12.2. The van der Waals surface area contributed by atoms with Crippen molar-refractivity contribution in [2.45, 2.75) is 6.54 Å². The molecule has 0 amide bonds. The molecule has 0 spiro atoms. The fraction of sp³-hybridized carbons (Fsp3) is 0.143. The Kier molecular flexibility index (Phi) is 3.91. The van der Waals surface area contributed by atoms with Gasteiger partial charge in [0.1, 0.15) is 6.33 Å². The summed E-state index contributed by atoms with van der Waals surface area (Å²) in [6.07, 6.45) is 1.50. The predicted octanol–water partition coefficient (Wildman–Crippen LogP) is 1.87. The second-order valence-corrected chi connectivity index (χ2v) is 5.04. The maximum Gasteiger partial charge on any atom is 0.343 e. The van der Waals surface area contributed by atoms with Gasteiger partial charge in [-0.05, 0) is 28.1 Å². The molecule has 1 N–H and O–H groups in total. The highest BCUT2D eigenvalue weighted by atomic mass is 79.9. The van der Waals surface area contributed by atoms with Crippen LogP contribution in [0.25, 0.3) is 0 Å². The average Bonchev–Trinajstić information content (AvgIpc) is 2.64. The van der Waals surface area contributed by atoms with Crippen molar-refractivity contribution in [3.05, 3.63) is 37.6 Å². The van der Waals surface area contributed by atoms with E-state index in [1.807, 2.05) is 12.1 Å². The van der Waals surface area contributed by atoms with Crippen molar-refractivity contribution in [1.29, 1.82) is 0 Å². The number of hydrogen-bond donors (Lipinski definition) is 1. The Bertz CT molecular complexity index is 463. The molecule has 14 heavy (non-hydrogen) atoms. The van der Waals surface area contributed by atoms with E-state index in [1.54, 1.807) is 11.3 Å². The maximum absolute atomic E-state index is 11.1. The summed E-state index contributed by atoms with van der Waals surface area (Å²) in [5.41, 5.74) is -0.176. The zero-order chi connectivity index (χ0) is 9.26. The fourth-order valence-electron chi connectivity index (χ4n) is 0.988. The summed E-state index contributed by atoms with van der Waals surface area (Å²) >= 11 is 4.97. The van der Waals surface area contributed by atoms with E-state index in [0.29, 0.717) is 6.54 Å². The average molecular weight is 297 g/mol. The van der Waals surface area contributed by atoms with E-state index in [1.165, 1.54) is 10.9 Å². The summed E-state index contributed by atoms with van der Waals surface area (Å²) in [5.74, 6) is 0. The van der Waals surface area contributed by atoms with Gasteiger partial charge in [0.15, 0.2) is 0 Å². The number of H-pyrrole nitrogens is 1. The number of hydrogen-bond acceptors (Lipinski definition) is 3. The lowest BCUT2D eigenvalue weighted by Crippen LogP contribution is -2.16. The normalized spacial score (nSPS) is 9.79.